The van der Waals surface area contributed by atoms with E-state index >= 15 is 0 Å². The van der Waals surface area contributed by atoms with Crippen molar-refractivity contribution in [3.63, 3.8) is 0 Å². The molecule has 0 spiro atoms. The Balaban J connectivity index is 1.55. The van der Waals surface area contributed by atoms with Crippen molar-refractivity contribution in [2.45, 2.75) is 24.9 Å². The predicted molar refractivity (Wildman–Crippen MR) is 128 cm³/mol. The van der Waals surface area contributed by atoms with Gasteiger partial charge in [-0.05, 0) is 47.2 Å². The van der Waals surface area contributed by atoms with E-state index in [0.29, 0.717) is 0 Å². The Hall–Kier alpha value is -3.36. The maximum Gasteiger partial charge on any atom is 0.308 e. The first-order chi connectivity index (χ1) is 15.5. The second-order valence-electron chi connectivity index (χ2n) is 7.74. The summed E-state index contributed by atoms with van der Waals surface area (Å²) in [6.45, 7) is 0. The second-order valence-corrected chi connectivity index (χ2v) is 10.1. The lowest BCUT2D eigenvalue weighted by Gasteiger charge is -2.35. The summed E-state index contributed by atoms with van der Waals surface area (Å²) in [5, 5.41) is 27.9. The van der Waals surface area contributed by atoms with Crippen LogP contribution in [0.4, 0.5) is 11.4 Å². The molecule has 2 aromatic heterocycles. The zero-order chi connectivity index (χ0) is 22.2. The van der Waals surface area contributed by atoms with Crippen molar-refractivity contribution in [2.75, 3.05) is 10.6 Å². The van der Waals surface area contributed by atoms with Crippen LogP contribution in [0.1, 0.15) is 31.6 Å². The van der Waals surface area contributed by atoms with E-state index in [1.54, 1.807) is 0 Å². The predicted octanol–water partition coefficient (Wildman–Crippen LogP) is 5.54. The quantitative estimate of drug-likeness (QED) is 0.299. The number of thiophene rings is 2. The molecule has 0 saturated heterocycles. The van der Waals surface area contributed by atoms with Gasteiger partial charge in [0, 0.05) is 19.5 Å². The van der Waals surface area contributed by atoms with Gasteiger partial charge in [0.15, 0.2) is 0 Å². The first kappa shape index (κ1) is 20.5. The van der Waals surface area contributed by atoms with E-state index in [2.05, 4.69) is 34.9 Å². The number of aliphatic carboxylic acids is 2. The number of hydrogen-bond acceptors (Lipinski definition) is 6. The van der Waals surface area contributed by atoms with Gasteiger partial charge in [0.1, 0.15) is 0 Å². The van der Waals surface area contributed by atoms with Crippen molar-refractivity contribution in [1.82, 2.24) is 0 Å². The Bertz CT molecular complexity index is 1230. The van der Waals surface area contributed by atoms with Gasteiger partial charge >= 0.3 is 11.9 Å². The summed E-state index contributed by atoms with van der Waals surface area (Å²) < 4.78 is 0. The SMILES string of the molecule is O=C(O)Cc1ccc(C2Nc3cc4ccccc4cc3NC2c2ccc(CC(=O)O)s2)s1. The van der Waals surface area contributed by atoms with Gasteiger partial charge in [-0.2, -0.15) is 0 Å². The summed E-state index contributed by atoms with van der Waals surface area (Å²) in [7, 11) is 0. The number of anilines is 2. The van der Waals surface area contributed by atoms with Gasteiger partial charge in [0.25, 0.3) is 0 Å². The molecule has 6 nitrogen and oxygen atoms in total. The third-order valence-corrected chi connectivity index (χ3v) is 7.81. The van der Waals surface area contributed by atoms with Crippen LogP contribution in [0, 0.1) is 0 Å². The third kappa shape index (κ3) is 4.06. The summed E-state index contributed by atoms with van der Waals surface area (Å²) in [6, 6.07) is 19.9. The van der Waals surface area contributed by atoms with Crippen molar-refractivity contribution < 1.29 is 19.8 Å². The molecule has 1 aliphatic heterocycles. The van der Waals surface area contributed by atoms with E-state index in [9.17, 15) is 9.59 Å². The van der Waals surface area contributed by atoms with Gasteiger partial charge in [-0.25, -0.2) is 0 Å². The van der Waals surface area contributed by atoms with E-state index in [1.165, 1.54) is 22.7 Å². The van der Waals surface area contributed by atoms with E-state index in [1.807, 2.05) is 36.4 Å². The van der Waals surface area contributed by atoms with Crippen LogP contribution in [0.2, 0.25) is 0 Å². The van der Waals surface area contributed by atoms with Crippen LogP contribution >= 0.6 is 22.7 Å². The summed E-state index contributed by atoms with van der Waals surface area (Å²) >= 11 is 2.98. The van der Waals surface area contributed by atoms with Gasteiger partial charge in [0.05, 0.1) is 36.3 Å². The number of nitrogens with one attached hydrogen (secondary N) is 2. The summed E-state index contributed by atoms with van der Waals surface area (Å²) in [5.74, 6) is -1.70. The highest BCUT2D eigenvalue weighted by atomic mass is 32.1. The van der Waals surface area contributed by atoms with Crippen LogP contribution in [-0.2, 0) is 22.4 Å². The topological polar surface area (TPSA) is 98.7 Å². The highest BCUT2D eigenvalue weighted by Gasteiger charge is 2.32. The number of carbonyl (C=O) groups is 2. The summed E-state index contributed by atoms with van der Waals surface area (Å²) in [5.41, 5.74) is 1.97. The van der Waals surface area contributed by atoms with Gasteiger partial charge in [0.2, 0.25) is 0 Å². The zero-order valence-corrected chi connectivity index (χ0v) is 18.5. The lowest BCUT2D eigenvalue weighted by Crippen LogP contribution is -2.29. The molecule has 4 aromatic rings. The Morgan fingerprint density at radius 3 is 1.56 bits per heavy atom. The molecular formula is C24H20N2O4S2. The van der Waals surface area contributed by atoms with Gasteiger partial charge in [-0.15, -0.1) is 22.7 Å². The van der Waals surface area contributed by atoms with Crippen LogP contribution in [0.15, 0.2) is 60.7 Å². The molecule has 0 aliphatic carbocycles. The van der Waals surface area contributed by atoms with Crippen molar-refractivity contribution in [2.24, 2.45) is 0 Å². The van der Waals surface area contributed by atoms with Crippen LogP contribution in [0.3, 0.4) is 0 Å². The first-order valence-electron chi connectivity index (χ1n) is 10.1. The fourth-order valence-electron chi connectivity index (χ4n) is 4.06. The molecule has 0 amide bonds. The zero-order valence-electron chi connectivity index (χ0n) is 16.9. The number of fused-ring (bicyclic) bond motifs is 2. The molecule has 32 heavy (non-hydrogen) atoms. The molecule has 1 aliphatic rings. The highest BCUT2D eigenvalue weighted by molar-refractivity contribution is 7.12. The maximum atomic E-state index is 11.2. The molecule has 2 atom stereocenters. The van der Waals surface area contributed by atoms with Gasteiger partial charge < -0.3 is 20.8 Å². The Kier molecular flexibility index (Phi) is 5.32. The van der Waals surface area contributed by atoms with E-state index in [4.69, 9.17) is 10.2 Å². The van der Waals surface area contributed by atoms with E-state index in [0.717, 1.165) is 41.7 Å². The molecule has 0 fully saturated rings. The molecule has 3 heterocycles. The molecule has 5 rings (SSSR count). The molecule has 2 aromatic carbocycles. The van der Waals surface area contributed by atoms with Crippen LogP contribution in [0.5, 0.6) is 0 Å². The van der Waals surface area contributed by atoms with Gasteiger partial charge in [-0.1, -0.05) is 24.3 Å². The Morgan fingerprint density at radius 2 is 1.16 bits per heavy atom. The van der Waals surface area contributed by atoms with E-state index in [-0.39, 0.29) is 24.9 Å². The normalized spacial score (nSPS) is 17.4. The fraction of sp³-hybridized carbons (Fsp3) is 0.167. The van der Waals surface area contributed by atoms with Crippen LogP contribution < -0.4 is 10.6 Å². The van der Waals surface area contributed by atoms with Crippen molar-refractivity contribution in [3.05, 3.63) is 80.2 Å². The molecule has 2 unspecified atom stereocenters. The number of benzene rings is 2. The standard InChI is InChI=1S/C24H20N2O4S2/c27-21(28)11-15-5-7-19(31-15)23-24(20-8-6-16(32-20)12-22(29)30)26-18-10-14-4-2-1-3-13(14)9-17(18)25-23/h1-10,23-26H,11-12H2,(H,27,28)(H,29,30). The average molecular weight is 465 g/mol. The molecule has 0 saturated carbocycles. The Morgan fingerprint density at radius 1 is 0.719 bits per heavy atom. The van der Waals surface area contributed by atoms with Crippen LogP contribution in [-0.4, -0.2) is 22.2 Å². The summed E-state index contributed by atoms with van der Waals surface area (Å²) in [6.07, 6.45) is -0.00304. The number of hydrogen-bond donors (Lipinski definition) is 4. The fourth-order valence-corrected chi connectivity index (χ4v) is 6.25. The van der Waals surface area contributed by atoms with Crippen molar-refractivity contribution >= 4 is 56.8 Å². The average Bonchev–Trinajstić information content (AvgIpc) is 3.40. The number of carboxylic acid groups (broad SMARTS) is 2. The summed E-state index contributed by atoms with van der Waals surface area (Å²) in [4.78, 5) is 26.0. The monoisotopic (exact) mass is 464 g/mol. The smallest absolute Gasteiger partial charge is 0.308 e. The first-order valence-corrected chi connectivity index (χ1v) is 11.8. The van der Waals surface area contributed by atoms with E-state index < -0.39 is 11.9 Å². The largest absolute Gasteiger partial charge is 0.481 e. The molecule has 0 bridgehead atoms. The highest BCUT2D eigenvalue weighted by Crippen LogP contribution is 2.46. The minimum absolute atomic E-state index is 0.00152. The lowest BCUT2D eigenvalue weighted by atomic mass is 9.98. The van der Waals surface area contributed by atoms with Gasteiger partial charge in [-0.3, -0.25) is 9.59 Å². The van der Waals surface area contributed by atoms with Crippen molar-refractivity contribution in [3.8, 4) is 0 Å². The molecule has 4 N–H and O–H groups in total. The minimum atomic E-state index is -0.849. The Labute approximate surface area is 192 Å². The molecule has 8 heteroatoms. The lowest BCUT2D eigenvalue weighted by molar-refractivity contribution is -0.137. The molecule has 0 radical (unpaired) electrons. The van der Waals surface area contributed by atoms with Crippen molar-refractivity contribution in [1.29, 1.82) is 0 Å². The maximum absolute atomic E-state index is 11.2. The number of carboxylic acids is 2. The molecular weight excluding hydrogens is 444 g/mol. The second kappa shape index (κ2) is 8.29. The third-order valence-electron chi connectivity index (χ3n) is 5.47. The molecule has 162 valence electrons. The minimum Gasteiger partial charge on any atom is -0.481 e. The van der Waals surface area contributed by atoms with Crippen LogP contribution in [0.25, 0.3) is 10.8 Å². The number of rotatable bonds is 6.